The standard InChI is InChI=1S/C29H40N4Si/c1-21(2)34(22(3)4,23(5)6)33-20-26(27-13-10-16-31-29(27)33)17-25-14-15-28(30)32(19-25)18-24-11-8-7-9-12-24/h7-16,19-23,28H,17-18,30H2,1-6H3. The van der Waals surface area contributed by atoms with Gasteiger partial charge >= 0.3 is 0 Å². The predicted octanol–water partition coefficient (Wildman–Crippen LogP) is 6.84. The Morgan fingerprint density at radius 2 is 1.62 bits per heavy atom. The zero-order valence-corrected chi connectivity index (χ0v) is 22.6. The fourth-order valence-electron chi connectivity index (χ4n) is 6.34. The van der Waals surface area contributed by atoms with Crippen LogP contribution in [-0.4, -0.2) is 28.5 Å². The fourth-order valence-corrected chi connectivity index (χ4v) is 12.9. The van der Waals surface area contributed by atoms with Crippen LogP contribution in [0.5, 0.6) is 0 Å². The van der Waals surface area contributed by atoms with Crippen LogP contribution in [0.3, 0.4) is 0 Å². The van der Waals surface area contributed by atoms with Crippen LogP contribution >= 0.6 is 0 Å². The molecule has 34 heavy (non-hydrogen) atoms. The van der Waals surface area contributed by atoms with E-state index in [1.165, 1.54) is 22.1 Å². The number of hydrogen-bond donors (Lipinski definition) is 1. The lowest BCUT2D eigenvalue weighted by atomic mass is 10.0. The molecular formula is C29H40N4Si. The molecule has 4 nitrogen and oxygen atoms in total. The molecule has 1 aliphatic heterocycles. The van der Waals surface area contributed by atoms with Gasteiger partial charge in [-0.1, -0.05) is 78.0 Å². The van der Waals surface area contributed by atoms with E-state index in [4.69, 9.17) is 10.7 Å². The SMILES string of the molecule is CC(C)[Si](C(C)C)(C(C)C)n1cc(CC2=CN(Cc3ccccc3)C(N)C=C2)c2cccnc21. The monoisotopic (exact) mass is 472 g/mol. The molecule has 0 fully saturated rings. The highest BCUT2D eigenvalue weighted by atomic mass is 28.3. The molecule has 0 saturated heterocycles. The minimum atomic E-state index is -1.90. The Kier molecular flexibility index (Phi) is 7.15. The van der Waals surface area contributed by atoms with Crippen LogP contribution in [0.2, 0.25) is 16.6 Å². The van der Waals surface area contributed by atoms with Crippen LogP contribution in [0.25, 0.3) is 11.0 Å². The molecular weight excluding hydrogens is 432 g/mol. The average molecular weight is 473 g/mol. The van der Waals surface area contributed by atoms with Crippen molar-refractivity contribution in [3.05, 3.63) is 89.9 Å². The van der Waals surface area contributed by atoms with Crippen LogP contribution in [0.15, 0.2) is 78.8 Å². The molecule has 180 valence electrons. The van der Waals surface area contributed by atoms with Crippen molar-refractivity contribution in [2.75, 3.05) is 0 Å². The van der Waals surface area contributed by atoms with Gasteiger partial charge in [-0.3, -0.25) is 0 Å². The smallest absolute Gasteiger partial charge is 0.171 e. The molecule has 1 atom stereocenters. The number of pyridine rings is 1. The molecule has 3 aromatic rings. The number of fused-ring (bicyclic) bond motifs is 1. The predicted molar refractivity (Wildman–Crippen MR) is 147 cm³/mol. The molecule has 0 amide bonds. The quantitative estimate of drug-likeness (QED) is 0.365. The van der Waals surface area contributed by atoms with Gasteiger partial charge in [0.05, 0.1) is 6.17 Å². The highest BCUT2D eigenvalue weighted by Gasteiger charge is 2.46. The summed E-state index contributed by atoms with van der Waals surface area (Å²) < 4.78 is 2.64. The molecule has 3 heterocycles. The highest BCUT2D eigenvalue weighted by molar-refractivity contribution is 6.82. The van der Waals surface area contributed by atoms with Crippen molar-refractivity contribution in [1.29, 1.82) is 0 Å². The largest absolute Gasteiger partial charge is 0.358 e. The van der Waals surface area contributed by atoms with E-state index in [9.17, 15) is 0 Å². The van der Waals surface area contributed by atoms with Gasteiger partial charge in [0, 0.05) is 36.9 Å². The molecule has 0 aliphatic carbocycles. The van der Waals surface area contributed by atoms with E-state index in [2.05, 4.69) is 118 Å². The minimum Gasteiger partial charge on any atom is -0.358 e. The average Bonchev–Trinajstić information content (AvgIpc) is 3.15. The summed E-state index contributed by atoms with van der Waals surface area (Å²) in [5.41, 5.74) is 13.3. The van der Waals surface area contributed by atoms with Crippen LogP contribution in [0.1, 0.15) is 52.7 Å². The number of aromatic nitrogens is 2. The van der Waals surface area contributed by atoms with E-state index in [1.54, 1.807) is 0 Å². The third-order valence-electron chi connectivity index (χ3n) is 7.66. The van der Waals surface area contributed by atoms with Crippen molar-refractivity contribution in [3.63, 3.8) is 0 Å². The van der Waals surface area contributed by atoms with Gasteiger partial charge in [-0.15, -0.1) is 0 Å². The molecule has 0 saturated carbocycles. The van der Waals surface area contributed by atoms with E-state index in [-0.39, 0.29) is 6.17 Å². The first-order valence-electron chi connectivity index (χ1n) is 12.6. The summed E-state index contributed by atoms with van der Waals surface area (Å²) in [5.74, 6) is 0. The molecule has 0 spiro atoms. The second kappa shape index (κ2) is 9.93. The van der Waals surface area contributed by atoms with Crippen molar-refractivity contribution in [2.24, 2.45) is 5.73 Å². The number of allylic oxidation sites excluding steroid dienone is 2. The van der Waals surface area contributed by atoms with Crippen molar-refractivity contribution in [1.82, 2.24) is 14.1 Å². The first-order chi connectivity index (χ1) is 16.2. The Balaban J connectivity index is 1.73. The summed E-state index contributed by atoms with van der Waals surface area (Å²) in [6.07, 6.45) is 11.7. The normalized spacial score (nSPS) is 16.8. The van der Waals surface area contributed by atoms with Gasteiger partial charge in [0.1, 0.15) is 5.65 Å². The van der Waals surface area contributed by atoms with Crippen LogP contribution in [0, 0.1) is 0 Å². The molecule has 2 N–H and O–H groups in total. The van der Waals surface area contributed by atoms with Crippen molar-refractivity contribution in [3.8, 4) is 0 Å². The lowest BCUT2D eigenvalue weighted by molar-refractivity contribution is 0.310. The van der Waals surface area contributed by atoms with Gasteiger partial charge in [0.25, 0.3) is 0 Å². The molecule has 0 bridgehead atoms. The van der Waals surface area contributed by atoms with Gasteiger partial charge in [-0.25, -0.2) is 4.98 Å². The summed E-state index contributed by atoms with van der Waals surface area (Å²) in [6.45, 7) is 15.3. The summed E-state index contributed by atoms with van der Waals surface area (Å²) in [5, 5.41) is 1.28. The number of benzene rings is 1. The molecule has 5 heteroatoms. The van der Waals surface area contributed by atoms with Crippen molar-refractivity contribution in [2.45, 2.75) is 77.3 Å². The zero-order chi connectivity index (χ0) is 24.5. The molecule has 1 aromatic carbocycles. The number of rotatable bonds is 8. The third kappa shape index (κ3) is 4.39. The van der Waals surface area contributed by atoms with E-state index in [1.807, 2.05) is 6.20 Å². The first-order valence-corrected chi connectivity index (χ1v) is 14.8. The topological polar surface area (TPSA) is 47.1 Å². The second-order valence-corrected chi connectivity index (χ2v) is 16.4. The molecule has 1 unspecified atom stereocenters. The summed E-state index contributed by atoms with van der Waals surface area (Å²) in [7, 11) is -1.90. The summed E-state index contributed by atoms with van der Waals surface area (Å²) in [6, 6.07) is 14.9. The van der Waals surface area contributed by atoms with Gasteiger partial charge < -0.3 is 14.9 Å². The maximum atomic E-state index is 6.42. The van der Waals surface area contributed by atoms with E-state index in [0.717, 1.165) is 18.6 Å². The summed E-state index contributed by atoms with van der Waals surface area (Å²) in [4.78, 5) is 7.15. The molecule has 0 radical (unpaired) electrons. The second-order valence-electron chi connectivity index (χ2n) is 10.6. The maximum Gasteiger partial charge on any atom is 0.171 e. The Morgan fingerprint density at radius 3 is 2.26 bits per heavy atom. The van der Waals surface area contributed by atoms with E-state index < -0.39 is 8.24 Å². The van der Waals surface area contributed by atoms with Crippen molar-refractivity contribution < 1.29 is 0 Å². The number of hydrogen-bond acceptors (Lipinski definition) is 3. The van der Waals surface area contributed by atoms with Crippen molar-refractivity contribution >= 4 is 19.3 Å². The van der Waals surface area contributed by atoms with Crippen LogP contribution in [0.4, 0.5) is 0 Å². The highest BCUT2D eigenvalue weighted by Crippen LogP contribution is 2.44. The minimum absolute atomic E-state index is 0.102. The van der Waals surface area contributed by atoms with Crippen LogP contribution < -0.4 is 5.73 Å². The Labute approximate surface area is 206 Å². The summed E-state index contributed by atoms with van der Waals surface area (Å²) >= 11 is 0. The number of nitrogens with two attached hydrogens (primary N) is 1. The van der Waals surface area contributed by atoms with Crippen LogP contribution in [-0.2, 0) is 13.0 Å². The van der Waals surface area contributed by atoms with Gasteiger partial charge in [0.15, 0.2) is 8.24 Å². The van der Waals surface area contributed by atoms with Gasteiger partial charge in [0.2, 0.25) is 0 Å². The van der Waals surface area contributed by atoms with E-state index in [0.29, 0.717) is 16.6 Å². The lowest BCUT2D eigenvalue weighted by Gasteiger charge is -2.44. The molecule has 4 rings (SSSR count). The maximum absolute atomic E-state index is 6.42. The van der Waals surface area contributed by atoms with E-state index >= 15 is 0 Å². The zero-order valence-electron chi connectivity index (χ0n) is 21.6. The number of nitrogens with zero attached hydrogens (tertiary/aromatic N) is 3. The Bertz CT molecular complexity index is 1150. The Morgan fingerprint density at radius 1 is 0.941 bits per heavy atom. The molecule has 2 aromatic heterocycles. The fraction of sp³-hybridized carbons (Fsp3) is 0.414. The Hall–Kier alpha value is -2.63. The third-order valence-corrected chi connectivity index (χ3v) is 14.4. The lowest BCUT2D eigenvalue weighted by Crippen LogP contribution is -2.51. The van der Waals surface area contributed by atoms with Gasteiger partial charge in [-0.2, -0.15) is 0 Å². The van der Waals surface area contributed by atoms with Gasteiger partial charge in [-0.05, 0) is 51.5 Å². The first kappa shape index (κ1) is 24.5. The molecule has 1 aliphatic rings.